The Bertz CT molecular complexity index is 661. The van der Waals surface area contributed by atoms with Crippen LogP contribution in [-0.4, -0.2) is 36.8 Å². The zero-order chi connectivity index (χ0) is 16.8. The number of anilines is 1. The van der Waals surface area contributed by atoms with Crippen LogP contribution < -0.4 is 10.1 Å². The van der Waals surface area contributed by atoms with Gasteiger partial charge in [-0.3, -0.25) is 0 Å². The molecule has 2 rings (SSSR count). The van der Waals surface area contributed by atoms with E-state index in [2.05, 4.69) is 5.32 Å². The zero-order valence-electron chi connectivity index (χ0n) is 13.0. The normalized spacial score (nSPS) is 11.7. The third-order valence-corrected chi connectivity index (χ3v) is 3.54. The van der Waals surface area contributed by atoms with E-state index in [1.807, 2.05) is 0 Å². The minimum absolute atomic E-state index is 0.237. The number of amides is 2. The molecule has 0 fully saturated rings. The molecule has 2 aromatic rings. The van der Waals surface area contributed by atoms with Crippen LogP contribution >= 0.6 is 0 Å². The molecule has 1 unspecified atom stereocenters. The second-order valence-corrected chi connectivity index (χ2v) is 5.02. The molecule has 5 nitrogen and oxygen atoms in total. The third-order valence-electron chi connectivity index (χ3n) is 3.54. The van der Waals surface area contributed by atoms with Gasteiger partial charge in [0.2, 0.25) is 0 Å². The van der Waals surface area contributed by atoms with Gasteiger partial charge in [-0.25, -0.2) is 9.18 Å². The highest BCUT2D eigenvalue weighted by atomic mass is 19.1. The molecule has 0 aliphatic rings. The molecule has 122 valence electrons. The van der Waals surface area contributed by atoms with Crippen LogP contribution in [0.3, 0.4) is 0 Å². The fourth-order valence-electron chi connectivity index (χ4n) is 2.20. The molecule has 0 heterocycles. The van der Waals surface area contributed by atoms with Crippen LogP contribution in [0.2, 0.25) is 0 Å². The maximum atomic E-state index is 13.2. The molecule has 0 bridgehead atoms. The Morgan fingerprint density at radius 3 is 2.57 bits per heavy atom. The monoisotopic (exact) mass is 318 g/mol. The number of rotatable bonds is 5. The highest BCUT2D eigenvalue weighted by molar-refractivity contribution is 5.89. The number of urea groups is 1. The molecule has 1 atom stereocenters. The van der Waals surface area contributed by atoms with Crippen molar-refractivity contribution in [2.45, 2.75) is 6.04 Å². The number of nitrogens with zero attached hydrogens (tertiary/aromatic N) is 1. The number of aliphatic hydroxyl groups excluding tert-OH is 1. The first kappa shape index (κ1) is 16.8. The van der Waals surface area contributed by atoms with Gasteiger partial charge in [0.05, 0.1) is 19.8 Å². The van der Waals surface area contributed by atoms with E-state index in [1.165, 1.54) is 23.1 Å². The van der Waals surface area contributed by atoms with Crippen molar-refractivity contribution < 1.29 is 19.0 Å². The number of halogens is 1. The van der Waals surface area contributed by atoms with Gasteiger partial charge in [0, 0.05) is 12.7 Å². The SMILES string of the molecule is COc1ccc(C(CO)N(C)C(=O)Nc2cccc(F)c2)cc1. The minimum Gasteiger partial charge on any atom is -0.497 e. The Kier molecular flexibility index (Phi) is 5.54. The maximum Gasteiger partial charge on any atom is 0.322 e. The van der Waals surface area contributed by atoms with Crippen LogP contribution in [0, 0.1) is 5.82 Å². The van der Waals surface area contributed by atoms with E-state index in [0.717, 1.165) is 5.56 Å². The molecular weight excluding hydrogens is 299 g/mol. The Hall–Kier alpha value is -2.60. The van der Waals surface area contributed by atoms with Crippen LogP contribution in [0.25, 0.3) is 0 Å². The summed E-state index contributed by atoms with van der Waals surface area (Å²) in [5, 5.41) is 12.2. The molecular formula is C17H19FN2O3. The molecule has 0 aliphatic carbocycles. The largest absolute Gasteiger partial charge is 0.497 e. The summed E-state index contributed by atoms with van der Waals surface area (Å²) in [5.74, 6) is 0.261. The standard InChI is InChI=1S/C17H19FN2O3/c1-20(17(22)19-14-5-3-4-13(18)10-14)16(11-21)12-6-8-15(23-2)9-7-12/h3-10,16,21H,11H2,1-2H3,(H,19,22). The summed E-state index contributed by atoms with van der Waals surface area (Å²) in [6, 6.07) is 11.8. The first-order chi connectivity index (χ1) is 11.0. The molecule has 2 N–H and O–H groups in total. The molecule has 6 heteroatoms. The lowest BCUT2D eigenvalue weighted by molar-refractivity contribution is 0.159. The first-order valence-electron chi connectivity index (χ1n) is 7.09. The molecule has 2 amide bonds. The number of aliphatic hydroxyl groups is 1. The third kappa shape index (κ3) is 4.20. The van der Waals surface area contributed by atoms with Crippen molar-refractivity contribution in [2.75, 3.05) is 26.1 Å². The van der Waals surface area contributed by atoms with Gasteiger partial charge in [-0.2, -0.15) is 0 Å². The van der Waals surface area contributed by atoms with Gasteiger partial charge in [-0.15, -0.1) is 0 Å². The van der Waals surface area contributed by atoms with E-state index in [-0.39, 0.29) is 6.61 Å². The predicted molar refractivity (Wildman–Crippen MR) is 86.0 cm³/mol. The van der Waals surface area contributed by atoms with Gasteiger partial charge in [0.1, 0.15) is 11.6 Å². The molecule has 0 spiro atoms. The summed E-state index contributed by atoms with van der Waals surface area (Å²) in [7, 11) is 3.14. The van der Waals surface area contributed by atoms with Gasteiger partial charge >= 0.3 is 6.03 Å². The molecule has 0 radical (unpaired) electrons. The van der Waals surface area contributed by atoms with E-state index in [1.54, 1.807) is 44.5 Å². The Labute approximate surface area is 134 Å². The first-order valence-corrected chi connectivity index (χ1v) is 7.09. The number of hydrogen-bond acceptors (Lipinski definition) is 3. The number of carbonyl (C=O) groups excluding carboxylic acids is 1. The summed E-state index contributed by atoms with van der Waals surface area (Å²) in [6.07, 6.45) is 0. The van der Waals surface area contributed by atoms with Crippen LogP contribution in [0.5, 0.6) is 5.75 Å². The van der Waals surface area contributed by atoms with Crippen LogP contribution in [-0.2, 0) is 0 Å². The topological polar surface area (TPSA) is 61.8 Å². The Morgan fingerprint density at radius 1 is 1.30 bits per heavy atom. The summed E-state index contributed by atoms with van der Waals surface area (Å²) < 4.78 is 18.3. The number of benzene rings is 2. The van der Waals surface area contributed by atoms with Crippen LogP contribution in [0.1, 0.15) is 11.6 Å². The summed E-state index contributed by atoms with van der Waals surface area (Å²) >= 11 is 0. The van der Waals surface area contributed by atoms with E-state index >= 15 is 0 Å². The predicted octanol–water partition coefficient (Wildman–Crippen LogP) is 3.03. The molecule has 0 saturated heterocycles. The average molecular weight is 318 g/mol. The second-order valence-electron chi connectivity index (χ2n) is 5.02. The maximum absolute atomic E-state index is 13.2. The zero-order valence-corrected chi connectivity index (χ0v) is 13.0. The van der Waals surface area contributed by atoms with Crippen molar-refractivity contribution in [2.24, 2.45) is 0 Å². The Morgan fingerprint density at radius 2 is 2.00 bits per heavy atom. The highest BCUT2D eigenvalue weighted by Gasteiger charge is 2.21. The van der Waals surface area contributed by atoms with Crippen molar-refractivity contribution in [3.63, 3.8) is 0 Å². The van der Waals surface area contributed by atoms with Crippen molar-refractivity contribution in [1.29, 1.82) is 0 Å². The number of hydrogen-bond donors (Lipinski definition) is 2. The van der Waals surface area contributed by atoms with Crippen molar-refractivity contribution in [3.8, 4) is 5.75 Å². The number of carbonyl (C=O) groups is 1. The lowest BCUT2D eigenvalue weighted by atomic mass is 10.1. The van der Waals surface area contributed by atoms with E-state index in [9.17, 15) is 14.3 Å². The smallest absolute Gasteiger partial charge is 0.322 e. The lowest BCUT2D eigenvalue weighted by Crippen LogP contribution is -2.36. The number of ether oxygens (including phenoxy) is 1. The summed E-state index contributed by atoms with van der Waals surface area (Å²) in [5.41, 5.74) is 1.12. The molecule has 2 aromatic carbocycles. The molecule has 23 heavy (non-hydrogen) atoms. The highest BCUT2D eigenvalue weighted by Crippen LogP contribution is 2.22. The van der Waals surface area contributed by atoms with Gasteiger partial charge in [-0.05, 0) is 35.9 Å². The molecule has 0 aromatic heterocycles. The van der Waals surface area contributed by atoms with E-state index in [4.69, 9.17) is 4.74 Å². The quantitative estimate of drug-likeness (QED) is 0.891. The van der Waals surface area contributed by atoms with Crippen molar-refractivity contribution >= 4 is 11.7 Å². The number of methoxy groups -OCH3 is 1. The lowest BCUT2D eigenvalue weighted by Gasteiger charge is -2.27. The molecule has 0 aliphatic heterocycles. The fraction of sp³-hybridized carbons (Fsp3) is 0.235. The van der Waals surface area contributed by atoms with E-state index < -0.39 is 17.9 Å². The number of nitrogens with one attached hydrogen (secondary N) is 1. The van der Waals surface area contributed by atoms with Gasteiger partial charge in [0.15, 0.2) is 0 Å². The fourth-order valence-corrected chi connectivity index (χ4v) is 2.20. The van der Waals surface area contributed by atoms with Crippen LogP contribution in [0.15, 0.2) is 48.5 Å². The summed E-state index contributed by atoms with van der Waals surface area (Å²) in [4.78, 5) is 13.6. The number of likely N-dealkylation sites (N-methyl/N-ethyl adjacent to an activating group) is 1. The van der Waals surface area contributed by atoms with Crippen LogP contribution in [0.4, 0.5) is 14.9 Å². The summed E-state index contributed by atoms with van der Waals surface area (Å²) in [6.45, 7) is -0.237. The Balaban J connectivity index is 2.11. The van der Waals surface area contributed by atoms with E-state index in [0.29, 0.717) is 11.4 Å². The van der Waals surface area contributed by atoms with Gasteiger partial charge < -0.3 is 20.1 Å². The van der Waals surface area contributed by atoms with Gasteiger partial charge in [-0.1, -0.05) is 18.2 Å². The minimum atomic E-state index is -0.519. The van der Waals surface area contributed by atoms with Crippen molar-refractivity contribution in [1.82, 2.24) is 4.90 Å². The second kappa shape index (κ2) is 7.60. The van der Waals surface area contributed by atoms with Gasteiger partial charge in [0.25, 0.3) is 0 Å². The average Bonchev–Trinajstić information content (AvgIpc) is 2.56. The molecule has 0 saturated carbocycles. The van der Waals surface area contributed by atoms with Crippen molar-refractivity contribution in [3.05, 3.63) is 59.9 Å².